The molecule has 0 aliphatic heterocycles. The number of aromatic nitrogens is 1. The lowest BCUT2D eigenvalue weighted by molar-refractivity contribution is 0.412. The molecule has 0 unspecified atom stereocenters. The van der Waals surface area contributed by atoms with Crippen LogP contribution in [0, 0.1) is 0 Å². The van der Waals surface area contributed by atoms with E-state index in [4.69, 9.17) is 4.52 Å². The van der Waals surface area contributed by atoms with Gasteiger partial charge in [0, 0.05) is 5.56 Å². The van der Waals surface area contributed by atoms with Crippen molar-refractivity contribution in [1.82, 2.24) is 5.16 Å². The molecule has 1 aromatic heterocycles. The third-order valence-corrected chi connectivity index (χ3v) is 1.52. The Hall–Kier alpha value is -0.570. The van der Waals surface area contributed by atoms with Crippen molar-refractivity contribution in [2.45, 2.75) is 13.3 Å². The number of rotatable bonds is 2. The van der Waals surface area contributed by atoms with Gasteiger partial charge in [0.1, 0.15) is 6.26 Å². The van der Waals surface area contributed by atoms with Crippen LogP contribution in [-0.2, 0) is 6.42 Å². The highest BCUT2D eigenvalue weighted by atomic mass is 79.9. The molecule has 0 atom stereocenters. The van der Waals surface area contributed by atoms with Gasteiger partial charge in [0.2, 0.25) is 0 Å². The van der Waals surface area contributed by atoms with Crippen LogP contribution in [0.5, 0.6) is 0 Å². The number of hydrogen-bond donors (Lipinski definition) is 0. The number of halogens is 1. The van der Waals surface area contributed by atoms with Crippen molar-refractivity contribution in [3.8, 4) is 0 Å². The van der Waals surface area contributed by atoms with Crippen LogP contribution in [0.2, 0.25) is 0 Å². The second-order valence-corrected chi connectivity index (χ2v) is 2.39. The molecule has 0 saturated carbocycles. The van der Waals surface area contributed by atoms with Gasteiger partial charge in [-0.3, -0.25) is 0 Å². The van der Waals surface area contributed by atoms with Crippen molar-refractivity contribution >= 4 is 22.0 Å². The van der Waals surface area contributed by atoms with Gasteiger partial charge in [-0.15, -0.1) is 0 Å². The van der Waals surface area contributed by atoms with Crippen molar-refractivity contribution in [3.63, 3.8) is 0 Å². The number of aryl methyl sites for hydroxylation is 1. The van der Waals surface area contributed by atoms with Crippen LogP contribution in [-0.4, -0.2) is 5.16 Å². The molecule has 54 valence electrons. The van der Waals surface area contributed by atoms with Crippen LogP contribution < -0.4 is 0 Å². The van der Waals surface area contributed by atoms with Crippen molar-refractivity contribution in [1.29, 1.82) is 0 Å². The van der Waals surface area contributed by atoms with E-state index >= 15 is 0 Å². The van der Waals surface area contributed by atoms with Crippen LogP contribution in [0.1, 0.15) is 18.2 Å². The Kier molecular flexibility index (Phi) is 2.68. The maximum atomic E-state index is 4.77. The minimum absolute atomic E-state index is 0.906. The first kappa shape index (κ1) is 7.54. The monoisotopic (exact) mass is 201 g/mol. The fraction of sp³-hybridized carbons (Fsp3) is 0.286. The van der Waals surface area contributed by atoms with E-state index in [9.17, 15) is 0 Å². The minimum Gasteiger partial charge on any atom is -0.364 e. The van der Waals surface area contributed by atoms with Gasteiger partial charge < -0.3 is 4.52 Å². The van der Waals surface area contributed by atoms with Gasteiger partial charge >= 0.3 is 0 Å². The molecule has 1 rings (SSSR count). The largest absolute Gasteiger partial charge is 0.364 e. The van der Waals surface area contributed by atoms with Gasteiger partial charge in [0.15, 0.2) is 0 Å². The zero-order valence-electron chi connectivity index (χ0n) is 5.67. The highest BCUT2D eigenvalue weighted by molar-refractivity contribution is 9.11. The Morgan fingerprint density at radius 3 is 3.20 bits per heavy atom. The first-order valence-corrected chi connectivity index (χ1v) is 4.00. The highest BCUT2D eigenvalue weighted by Crippen LogP contribution is 2.09. The van der Waals surface area contributed by atoms with E-state index in [0.717, 1.165) is 17.7 Å². The van der Waals surface area contributed by atoms with Gasteiger partial charge in [-0.2, -0.15) is 0 Å². The molecule has 0 bridgehead atoms. The average molecular weight is 202 g/mol. The van der Waals surface area contributed by atoms with Gasteiger partial charge in [-0.1, -0.05) is 28.0 Å². The molecule has 0 spiro atoms. The second-order valence-electron chi connectivity index (χ2n) is 1.86. The third kappa shape index (κ3) is 1.48. The average Bonchev–Trinajstić information content (AvgIpc) is 2.36. The topological polar surface area (TPSA) is 26.0 Å². The first-order chi connectivity index (χ1) is 4.88. The first-order valence-electron chi connectivity index (χ1n) is 3.08. The molecule has 2 nitrogen and oxygen atoms in total. The van der Waals surface area contributed by atoms with E-state index in [2.05, 4.69) is 21.1 Å². The predicted octanol–water partition coefficient (Wildman–Crippen LogP) is 2.60. The van der Waals surface area contributed by atoms with E-state index in [-0.39, 0.29) is 0 Å². The summed E-state index contributed by atoms with van der Waals surface area (Å²) < 4.78 is 4.77. The Bertz CT molecular complexity index is 229. The SMILES string of the molecule is CCc1nocc1/C=C/Br. The zero-order valence-corrected chi connectivity index (χ0v) is 7.26. The van der Waals surface area contributed by atoms with Crippen LogP contribution in [0.15, 0.2) is 15.8 Å². The lowest BCUT2D eigenvalue weighted by Crippen LogP contribution is -1.80. The summed E-state index contributed by atoms with van der Waals surface area (Å²) in [5, 5.41) is 3.81. The minimum atomic E-state index is 0.906. The Balaban J connectivity index is 2.90. The fourth-order valence-electron chi connectivity index (χ4n) is 0.739. The summed E-state index contributed by atoms with van der Waals surface area (Å²) in [5.74, 6) is 0. The smallest absolute Gasteiger partial charge is 0.131 e. The van der Waals surface area contributed by atoms with E-state index in [0.29, 0.717) is 0 Å². The summed E-state index contributed by atoms with van der Waals surface area (Å²) in [6.07, 6.45) is 4.45. The molecule has 0 aromatic carbocycles. The van der Waals surface area contributed by atoms with Crippen LogP contribution >= 0.6 is 15.9 Å². The molecule has 0 N–H and O–H groups in total. The van der Waals surface area contributed by atoms with Crippen LogP contribution in [0.25, 0.3) is 6.08 Å². The van der Waals surface area contributed by atoms with Gasteiger partial charge in [0.05, 0.1) is 5.69 Å². The molecule has 1 heterocycles. The van der Waals surface area contributed by atoms with E-state index in [1.165, 1.54) is 0 Å². The highest BCUT2D eigenvalue weighted by Gasteiger charge is 1.99. The van der Waals surface area contributed by atoms with E-state index < -0.39 is 0 Å². The van der Waals surface area contributed by atoms with Gasteiger partial charge in [-0.05, 0) is 17.5 Å². The normalized spacial score (nSPS) is 11.0. The molecule has 0 saturated heterocycles. The molecule has 10 heavy (non-hydrogen) atoms. The fourth-order valence-corrected chi connectivity index (χ4v) is 1.02. The summed E-state index contributed by atoms with van der Waals surface area (Å²) >= 11 is 3.18. The molecular weight excluding hydrogens is 194 g/mol. The number of hydrogen-bond acceptors (Lipinski definition) is 2. The molecule has 0 amide bonds. The Labute approximate surface area is 68.0 Å². The second kappa shape index (κ2) is 3.56. The maximum Gasteiger partial charge on any atom is 0.131 e. The predicted molar refractivity (Wildman–Crippen MR) is 43.8 cm³/mol. The number of nitrogens with zero attached hydrogens (tertiary/aromatic N) is 1. The Morgan fingerprint density at radius 1 is 1.80 bits per heavy atom. The third-order valence-electron chi connectivity index (χ3n) is 1.25. The molecular formula is C7H8BrNO. The summed E-state index contributed by atoms with van der Waals surface area (Å²) in [6.45, 7) is 2.05. The van der Waals surface area contributed by atoms with Crippen molar-refractivity contribution < 1.29 is 4.52 Å². The summed E-state index contributed by atoms with van der Waals surface area (Å²) in [6, 6.07) is 0. The summed E-state index contributed by atoms with van der Waals surface area (Å²) in [5.41, 5.74) is 2.04. The van der Waals surface area contributed by atoms with Crippen molar-refractivity contribution in [2.75, 3.05) is 0 Å². The standard InChI is InChI=1S/C7H8BrNO/c1-2-7-6(3-4-8)5-10-9-7/h3-5H,2H2,1H3/b4-3+. The van der Waals surface area contributed by atoms with Crippen molar-refractivity contribution in [3.05, 3.63) is 22.5 Å². The van der Waals surface area contributed by atoms with Gasteiger partial charge in [0.25, 0.3) is 0 Å². The quantitative estimate of drug-likeness (QED) is 0.736. The molecule has 0 radical (unpaired) electrons. The molecule has 0 aliphatic rings. The zero-order chi connectivity index (χ0) is 7.40. The molecule has 3 heteroatoms. The van der Waals surface area contributed by atoms with E-state index in [1.54, 1.807) is 11.2 Å². The maximum absolute atomic E-state index is 4.77. The lowest BCUT2D eigenvalue weighted by atomic mass is 10.2. The Morgan fingerprint density at radius 2 is 2.60 bits per heavy atom. The van der Waals surface area contributed by atoms with E-state index in [1.807, 2.05) is 13.0 Å². The molecule has 0 fully saturated rings. The summed E-state index contributed by atoms with van der Waals surface area (Å²) in [7, 11) is 0. The molecule has 1 aromatic rings. The summed E-state index contributed by atoms with van der Waals surface area (Å²) in [4.78, 5) is 1.79. The lowest BCUT2D eigenvalue weighted by Gasteiger charge is -1.85. The molecule has 0 aliphatic carbocycles. The van der Waals surface area contributed by atoms with Crippen molar-refractivity contribution in [2.24, 2.45) is 0 Å². The van der Waals surface area contributed by atoms with Crippen LogP contribution in [0.3, 0.4) is 0 Å². The van der Waals surface area contributed by atoms with Gasteiger partial charge in [-0.25, -0.2) is 0 Å². The van der Waals surface area contributed by atoms with Crippen LogP contribution in [0.4, 0.5) is 0 Å².